The van der Waals surface area contributed by atoms with E-state index in [1.165, 1.54) is 0 Å². The average molecular weight is 810 g/mol. The van der Waals surface area contributed by atoms with Crippen LogP contribution in [0.4, 0.5) is 9.59 Å². The van der Waals surface area contributed by atoms with Crippen LogP contribution in [0.15, 0.2) is 97.1 Å². The number of nitrogens with two attached hydrogens (primary N) is 1. The zero-order valence-electron chi connectivity index (χ0n) is 29.9. The van der Waals surface area contributed by atoms with Crippen LogP contribution in [-0.4, -0.2) is 87.3 Å². The molecule has 2 aliphatic carbocycles. The Balaban J connectivity index is 0.000000184. The molecule has 1 heterocycles. The summed E-state index contributed by atoms with van der Waals surface area (Å²) < 4.78 is 31.0. The van der Waals surface area contributed by atoms with Crippen LogP contribution in [0.3, 0.4) is 0 Å². The van der Waals surface area contributed by atoms with Crippen LogP contribution in [0.5, 0.6) is 0 Å². The summed E-state index contributed by atoms with van der Waals surface area (Å²) >= 11 is 0. The molecule has 4 aromatic rings. The Labute approximate surface area is 321 Å². The van der Waals surface area contributed by atoms with E-state index in [9.17, 15) is 28.3 Å². The number of carbonyl (C=O) groups excluding carboxylic acids is 4. The number of hydrogen-bond donors (Lipinski definition) is 6. The summed E-state index contributed by atoms with van der Waals surface area (Å²) in [6.07, 6.45) is -2.24. The molecule has 4 aromatic carbocycles. The lowest BCUT2D eigenvalue weighted by atomic mass is 9.98. The molecule has 0 unspecified atom stereocenters. The van der Waals surface area contributed by atoms with Gasteiger partial charge < -0.3 is 40.1 Å². The van der Waals surface area contributed by atoms with Crippen molar-refractivity contribution in [3.63, 3.8) is 0 Å². The third-order valence-electron chi connectivity index (χ3n) is 8.94. The van der Waals surface area contributed by atoms with Gasteiger partial charge in [0.15, 0.2) is 0 Å². The number of hydrogen-bond acceptors (Lipinski definition) is 10. The molecule has 16 nitrogen and oxygen atoms in total. The number of alkyl carbamates (subject to hydrolysis) is 1. The van der Waals surface area contributed by atoms with Crippen LogP contribution in [0.25, 0.3) is 22.3 Å². The van der Waals surface area contributed by atoms with E-state index >= 15 is 0 Å². The van der Waals surface area contributed by atoms with Gasteiger partial charge in [-0.1, -0.05) is 102 Å². The van der Waals surface area contributed by atoms with E-state index in [4.69, 9.17) is 39.6 Å². The Hall–Kier alpha value is -5.18. The molecular weight excluding hydrogens is 768 g/mol. The number of rotatable bonds is 10. The normalized spacial score (nSPS) is 14.3. The summed E-state index contributed by atoms with van der Waals surface area (Å²) in [5, 5.41) is 2.84. The molecule has 1 fully saturated rings. The molecule has 0 spiro atoms. The van der Waals surface area contributed by atoms with Gasteiger partial charge in [0.25, 0.3) is 11.8 Å². The molecule has 0 aromatic heterocycles. The third kappa shape index (κ3) is 11.0. The van der Waals surface area contributed by atoms with Crippen LogP contribution in [0, 0.1) is 0 Å². The number of ether oxygens (including phenoxy) is 2. The summed E-state index contributed by atoms with van der Waals surface area (Å²) in [5.74, 6) is -1.20. The smallest absolute Gasteiger partial charge is 0.449 e. The van der Waals surface area contributed by atoms with E-state index in [0.717, 1.165) is 44.5 Å². The van der Waals surface area contributed by atoms with E-state index in [2.05, 4.69) is 5.32 Å². The van der Waals surface area contributed by atoms with Crippen molar-refractivity contribution in [2.45, 2.75) is 24.7 Å². The van der Waals surface area contributed by atoms with Crippen molar-refractivity contribution in [1.82, 2.24) is 10.4 Å². The zero-order valence-corrected chi connectivity index (χ0v) is 31.7. The van der Waals surface area contributed by atoms with Crippen LogP contribution in [-0.2, 0) is 33.0 Å². The predicted octanol–water partition coefficient (Wildman–Crippen LogP) is 4.84. The quantitative estimate of drug-likeness (QED) is 0.0713. The van der Waals surface area contributed by atoms with Gasteiger partial charge in [-0.2, -0.15) is 0 Å². The largest absolute Gasteiger partial charge is 0.533 e. The summed E-state index contributed by atoms with van der Waals surface area (Å²) in [6.45, 7) is 0.171. The van der Waals surface area contributed by atoms with E-state index in [1.807, 2.05) is 97.1 Å². The molecular formula is C38H41N3O13P2. The van der Waals surface area contributed by atoms with Crippen LogP contribution >= 0.6 is 15.2 Å². The van der Waals surface area contributed by atoms with Gasteiger partial charge in [-0.15, -0.1) is 0 Å². The SMILES string of the molecule is NCCP(=O)(O)O.O=C(NCCP(=O)(O)O)OCC1c2ccccc2-c2ccccc21.O=C(OCC1c2ccccc2-c2ccccc21)ON1C(=O)CCC1=O. The summed E-state index contributed by atoms with van der Waals surface area (Å²) in [4.78, 5) is 84.9. The highest BCUT2D eigenvalue weighted by atomic mass is 31.2. The Morgan fingerprint density at radius 1 is 0.643 bits per heavy atom. The standard InChI is InChI=1S/C19H15NO5.C17H18NO5P.C2H8NO3P/c21-17-9-10-18(22)20(17)25-19(23)24-11-16-14-7-3-1-5-12(14)13-6-2-4-8-15(13)16;19-17(18-9-10-24(20,21)22)23-11-16-14-7-3-1-5-12(14)13-6-2-4-8-15(13)16;3-1-2-7(4,5)6/h1-8,16H,9-11H2;1-8,16H,9-11H2,(H,18,19)(H2,20,21,22);1-3H2,(H2,4,5,6). The van der Waals surface area contributed by atoms with Crippen molar-refractivity contribution >= 4 is 39.3 Å². The van der Waals surface area contributed by atoms with E-state index in [-0.39, 0.29) is 57.1 Å². The fourth-order valence-corrected chi connectivity index (χ4v) is 7.21. The Kier molecular flexibility index (Phi) is 14.0. The van der Waals surface area contributed by atoms with Gasteiger partial charge in [0, 0.05) is 37.8 Å². The lowest BCUT2D eigenvalue weighted by Crippen LogP contribution is -2.32. The van der Waals surface area contributed by atoms with Crippen LogP contribution in [0.1, 0.15) is 46.9 Å². The predicted molar refractivity (Wildman–Crippen MR) is 203 cm³/mol. The Bertz CT molecular complexity index is 2060. The minimum absolute atomic E-state index is 0.0371. The second kappa shape index (κ2) is 18.6. The summed E-state index contributed by atoms with van der Waals surface area (Å²) in [5.41, 5.74) is 13.7. The fourth-order valence-electron chi connectivity index (χ4n) is 6.47. The highest BCUT2D eigenvalue weighted by Crippen LogP contribution is 2.45. The van der Waals surface area contributed by atoms with Gasteiger partial charge in [-0.25, -0.2) is 9.59 Å². The molecule has 3 aliphatic rings. The molecule has 0 saturated carbocycles. The molecule has 1 saturated heterocycles. The van der Waals surface area contributed by atoms with Gasteiger partial charge in [0.05, 0.1) is 12.3 Å². The van der Waals surface area contributed by atoms with E-state index < -0.39 is 45.4 Å². The van der Waals surface area contributed by atoms with E-state index in [0.29, 0.717) is 5.06 Å². The first-order valence-corrected chi connectivity index (χ1v) is 21.0. The molecule has 296 valence electrons. The number of carbonyl (C=O) groups is 4. The summed E-state index contributed by atoms with van der Waals surface area (Å²) in [6, 6.07) is 31.9. The molecule has 56 heavy (non-hydrogen) atoms. The highest BCUT2D eigenvalue weighted by Gasteiger charge is 2.35. The molecule has 0 atom stereocenters. The molecule has 3 amide bonds. The molecule has 0 bridgehead atoms. The first kappa shape index (κ1) is 42.0. The van der Waals surface area contributed by atoms with Crippen molar-refractivity contribution < 1.29 is 62.2 Å². The zero-order chi connectivity index (χ0) is 40.5. The van der Waals surface area contributed by atoms with Crippen molar-refractivity contribution in [2.24, 2.45) is 5.73 Å². The van der Waals surface area contributed by atoms with Crippen LogP contribution < -0.4 is 11.1 Å². The highest BCUT2D eigenvalue weighted by molar-refractivity contribution is 7.52. The van der Waals surface area contributed by atoms with Gasteiger partial charge in [0.1, 0.15) is 13.2 Å². The number of benzene rings is 4. The number of hydroxylamine groups is 2. The molecule has 0 radical (unpaired) electrons. The minimum atomic E-state index is -4.12. The first-order valence-electron chi connectivity index (χ1n) is 17.4. The van der Waals surface area contributed by atoms with Crippen molar-refractivity contribution in [3.8, 4) is 22.3 Å². The molecule has 1 aliphatic heterocycles. The van der Waals surface area contributed by atoms with E-state index in [1.54, 1.807) is 0 Å². The summed E-state index contributed by atoms with van der Waals surface area (Å²) in [7, 11) is -7.91. The van der Waals surface area contributed by atoms with Gasteiger partial charge in [-0.05, 0) is 44.5 Å². The van der Waals surface area contributed by atoms with Gasteiger partial charge in [-0.3, -0.25) is 23.6 Å². The number of fused-ring (bicyclic) bond motifs is 6. The van der Waals surface area contributed by atoms with Crippen LogP contribution in [0.2, 0.25) is 0 Å². The monoisotopic (exact) mass is 809 g/mol. The maximum Gasteiger partial charge on any atom is 0.533 e. The molecule has 7 rings (SSSR count). The third-order valence-corrected chi connectivity index (χ3v) is 10.6. The molecule has 7 N–H and O–H groups in total. The number of nitrogens with one attached hydrogen (secondary N) is 1. The Morgan fingerprint density at radius 3 is 1.38 bits per heavy atom. The lowest BCUT2D eigenvalue weighted by Gasteiger charge is -2.16. The number of imide groups is 1. The lowest BCUT2D eigenvalue weighted by molar-refractivity contribution is -0.177. The number of amides is 3. The maximum atomic E-state index is 11.9. The minimum Gasteiger partial charge on any atom is -0.449 e. The number of nitrogens with zero attached hydrogens (tertiary/aromatic N) is 1. The topological polar surface area (TPSA) is 252 Å². The molecule has 18 heteroatoms. The fraction of sp³-hybridized carbons (Fsp3) is 0.263. The van der Waals surface area contributed by atoms with Gasteiger partial charge >= 0.3 is 27.4 Å². The van der Waals surface area contributed by atoms with Gasteiger partial charge in [0.2, 0.25) is 0 Å². The second-order valence-electron chi connectivity index (χ2n) is 12.8. The van der Waals surface area contributed by atoms with Crippen molar-refractivity contribution in [3.05, 3.63) is 119 Å². The average Bonchev–Trinajstić information content (AvgIpc) is 3.77. The Morgan fingerprint density at radius 2 is 1.02 bits per heavy atom. The second-order valence-corrected chi connectivity index (χ2v) is 16.3. The first-order chi connectivity index (χ1) is 26.7. The maximum absolute atomic E-state index is 11.9. The van der Waals surface area contributed by atoms with Crippen molar-refractivity contribution in [2.75, 3.05) is 38.6 Å². The van der Waals surface area contributed by atoms with Crippen molar-refractivity contribution in [1.29, 1.82) is 0 Å².